The molecule has 8 heteroatoms. The van der Waals surface area contributed by atoms with Crippen LogP contribution in [0.5, 0.6) is 5.75 Å². The molecule has 0 bridgehead atoms. The molecule has 0 aliphatic carbocycles. The fourth-order valence-electron chi connectivity index (χ4n) is 2.96. The molecule has 0 aliphatic heterocycles. The molecule has 0 aliphatic rings. The third-order valence-corrected chi connectivity index (χ3v) is 4.56. The van der Waals surface area contributed by atoms with Gasteiger partial charge in [0.15, 0.2) is 10.9 Å². The summed E-state index contributed by atoms with van der Waals surface area (Å²) in [6.07, 6.45) is 1.57. The number of amides is 1. The number of nitrogens with zero attached hydrogens (tertiary/aromatic N) is 1. The van der Waals surface area contributed by atoms with E-state index in [-0.39, 0.29) is 11.0 Å². The minimum Gasteiger partial charge on any atom is -0.497 e. The number of hydrogen-bond donors (Lipinski definition) is 3. The van der Waals surface area contributed by atoms with E-state index < -0.39 is 0 Å². The molecule has 0 saturated carbocycles. The smallest absolute Gasteiger partial charge is 0.270 e. The first-order valence-electron chi connectivity index (χ1n) is 9.09. The van der Waals surface area contributed by atoms with E-state index in [1.807, 2.05) is 42.5 Å². The van der Waals surface area contributed by atoms with E-state index >= 15 is 0 Å². The van der Waals surface area contributed by atoms with Crippen LogP contribution in [-0.2, 0) is 0 Å². The number of benzene rings is 2. The molecule has 7 nitrogen and oxygen atoms in total. The van der Waals surface area contributed by atoms with Crippen LogP contribution < -0.4 is 20.9 Å². The van der Waals surface area contributed by atoms with E-state index in [1.165, 1.54) is 0 Å². The predicted molar refractivity (Wildman–Crippen MR) is 119 cm³/mol. The second-order valence-electron chi connectivity index (χ2n) is 6.31. The first-order valence-corrected chi connectivity index (χ1v) is 9.50. The van der Waals surface area contributed by atoms with Crippen LogP contribution in [-0.4, -0.2) is 23.1 Å². The van der Waals surface area contributed by atoms with Crippen LogP contribution in [0.3, 0.4) is 0 Å². The first kappa shape index (κ1) is 19.4. The topological polar surface area (TPSA) is 88.4 Å². The molecule has 150 valence electrons. The fourth-order valence-corrected chi connectivity index (χ4v) is 3.13. The maximum absolute atomic E-state index is 12.9. The molecule has 0 atom stereocenters. The lowest BCUT2D eigenvalue weighted by Gasteiger charge is -2.13. The SMILES string of the molecule is COc1cccc(NC(=S)NNC(=O)c2cc(-c3ccco3)nc3ccccc23)c1. The normalized spacial score (nSPS) is 10.4. The Kier molecular flexibility index (Phi) is 5.58. The highest BCUT2D eigenvalue weighted by atomic mass is 32.1. The number of pyridine rings is 1. The lowest BCUT2D eigenvalue weighted by atomic mass is 10.1. The number of hydrazine groups is 1. The average molecular weight is 418 g/mol. The highest BCUT2D eigenvalue weighted by Gasteiger charge is 2.15. The number of carbonyl (C=O) groups excluding carboxylic acids is 1. The predicted octanol–water partition coefficient (Wildman–Crippen LogP) is 4.13. The summed E-state index contributed by atoms with van der Waals surface area (Å²) in [5, 5.41) is 3.95. The zero-order valence-electron chi connectivity index (χ0n) is 16.0. The largest absolute Gasteiger partial charge is 0.497 e. The molecule has 4 aromatic rings. The Morgan fingerprint density at radius 3 is 2.70 bits per heavy atom. The Bertz CT molecular complexity index is 1210. The molecule has 0 fully saturated rings. The van der Waals surface area contributed by atoms with E-state index in [4.69, 9.17) is 21.4 Å². The van der Waals surface area contributed by atoms with Gasteiger partial charge in [-0.3, -0.25) is 15.6 Å². The van der Waals surface area contributed by atoms with Gasteiger partial charge in [-0.25, -0.2) is 4.98 Å². The summed E-state index contributed by atoms with van der Waals surface area (Å²) in [6.45, 7) is 0. The van der Waals surface area contributed by atoms with Gasteiger partial charge in [-0.1, -0.05) is 24.3 Å². The average Bonchev–Trinajstić information content (AvgIpc) is 3.32. The second kappa shape index (κ2) is 8.62. The summed E-state index contributed by atoms with van der Waals surface area (Å²) >= 11 is 5.27. The summed E-state index contributed by atoms with van der Waals surface area (Å²) in [7, 11) is 1.59. The molecule has 2 heterocycles. The van der Waals surface area contributed by atoms with Gasteiger partial charge < -0.3 is 14.5 Å². The van der Waals surface area contributed by atoms with Crippen molar-refractivity contribution in [3.05, 3.63) is 78.6 Å². The Morgan fingerprint density at radius 2 is 1.90 bits per heavy atom. The monoisotopic (exact) mass is 418 g/mol. The molecular formula is C22H18N4O3S. The molecule has 0 spiro atoms. The van der Waals surface area contributed by atoms with Gasteiger partial charge in [-0.2, -0.15) is 0 Å². The van der Waals surface area contributed by atoms with E-state index in [9.17, 15) is 4.79 Å². The number of ether oxygens (including phenoxy) is 1. The molecule has 4 rings (SSSR count). The number of aromatic nitrogens is 1. The molecule has 2 aromatic heterocycles. The van der Waals surface area contributed by atoms with Crippen LogP contribution in [0.4, 0.5) is 5.69 Å². The summed E-state index contributed by atoms with van der Waals surface area (Å²) in [6, 6.07) is 20.0. The van der Waals surface area contributed by atoms with Crippen LogP contribution in [0.25, 0.3) is 22.4 Å². The second-order valence-corrected chi connectivity index (χ2v) is 6.72. The molecular weight excluding hydrogens is 400 g/mol. The van der Waals surface area contributed by atoms with Gasteiger partial charge in [-0.05, 0) is 48.6 Å². The lowest BCUT2D eigenvalue weighted by Crippen LogP contribution is -2.43. The van der Waals surface area contributed by atoms with Crippen molar-refractivity contribution in [2.45, 2.75) is 0 Å². The van der Waals surface area contributed by atoms with Gasteiger partial charge in [0.25, 0.3) is 5.91 Å². The van der Waals surface area contributed by atoms with Crippen LogP contribution in [0.1, 0.15) is 10.4 Å². The van der Waals surface area contributed by atoms with Crippen molar-refractivity contribution in [1.29, 1.82) is 0 Å². The number of anilines is 1. The Morgan fingerprint density at radius 1 is 1.03 bits per heavy atom. The lowest BCUT2D eigenvalue weighted by molar-refractivity contribution is 0.0946. The van der Waals surface area contributed by atoms with Gasteiger partial charge in [0.2, 0.25) is 0 Å². The number of nitrogens with one attached hydrogen (secondary N) is 3. The van der Waals surface area contributed by atoms with Gasteiger partial charge >= 0.3 is 0 Å². The Balaban J connectivity index is 1.52. The zero-order valence-corrected chi connectivity index (χ0v) is 16.8. The standard InChI is InChI=1S/C22H18N4O3S/c1-28-15-7-4-6-14(12-15)23-22(30)26-25-21(27)17-13-19(20-10-5-11-29-20)24-18-9-3-2-8-16(17)18/h2-13H,1H3,(H,25,27)(H2,23,26,30). The molecule has 0 unspecified atom stereocenters. The van der Waals surface area contributed by atoms with E-state index in [0.29, 0.717) is 28.3 Å². The summed E-state index contributed by atoms with van der Waals surface area (Å²) in [5.74, 6) is 0.926. The third kappa shape index (κ3) is 4.23. The number of methoxy groups -OCH3 is 1. The van der Waals surface area contributed by atoms with Crippen molar-refractivity contribution in [3.8, 4) is 17.2 Å². The van der Waals surface area contributed by atoms with Crippen molar-refractivity contribution in [3.63, 3.8) is 0 Å². The highest BCUT2D eigenvalue weighted by Crippen LogP contribution is 2.25. The van der Waals surface area contributed by atoms with Gasteiger partial charge in [0.1, 0.15) is 11.4 Å². The number of thiocarbonyl (C=S) groups is 1. The number of para-hydroxylation sites is 1. The quantitative estimate of drug-likeness (QED) is 0.339. The van der Waals surface area contributed by atoms with Gasteiger partial charge in [0, 0.05) is 17.1 Å². The van der Waals surface area contributed by atoms with Crippen molar-refractivity contribution in [2.24, 2.45) is 0 Å². The number of rotatable bonds is 4. The maximum Gasteiger partial charge on any atom is 0.270 e. The summed E-state index contributed by atoms with van der Waals surface area (Å²) in [4.78, 5) is 17.5. The van der Waals surface area contributed by atoms with E-state index in [1.54, 1.807) is 37.6 Å². The highest BCUT2D eigenvalue weighted by molar-refractivity contribution is 7.80. The summed E-state index contributed by atoms with van der Waals surface area (Å²) < 4.78 is 10.6. The minimum atomic E-state index is -0.351. The van der Waals surface area contributed by atoms with Gasteiger partial charge in [0.05, 0.1) is 24.5 Å². The van der Waals surface area contributed by atoms with Crippen molar-refractivity contribution < 1.29 is 13.9 Å². The van der Waals surface area contributed by atoms with Gasteiger partial charge in [-0.15, -0.1) is 0 Å². The molecule has 3 N–H and O–H groups in total. The summed E-state index contributed by atoms with van der Waals surface area (Å²) in [5.41, 5.74) is 7.79. The van der Waals surface area contributed by atoms with Crippen LogP contribution in [0.15, 0.2) is 77.4 Å². The third-order valence-electron chi connectivity index (χ3n) is 4.35. The zero-order chi connectivity index (χ0) is 20.9. The first-order chi connectivity index (χ1) is 14.6. The van der Waals surface area contributed by atoms with E-state index in [0.717, 1.165) is 11.1 Å². The minimum absolute atomic E-state index is 0.237. The molecule has 0 radical (unpaired) electrons. The van der Waals surface area contributed by atoms with Crippen LogP contribution >= 0.6 is 12.2 Å². The van der Waals surface area contributed by atoms with Crippen LogP contribution in [0.2, 0.25) is 0 Å². The fraction of sp³-hybridized carbons (Fsp3) is 0.0455. The number of fused-ring (bicyclic) bond motifs is 1. The molecule has 0 saturated heterocycles. The Labute approximate surface area is 178 Å². The number of furan rings is 1. The molecule has 30 heavy (non-hydrogen) atoms. The van der Waals surface area contributed by atoms with E-state index in [2.05, 4.69) is 21.2 Å². The molecule has 1 amide bonds. The number of carbonyl (C=O) groups is 1. The maximum atomic E-state index is 12.9. The van der Waals surface area contributed by atoms with Crippen molar-refractivity contribution >= 4 is 39.8 Å². The van der Waals surface area contributed by atoms with Crippen molar-refractivity contribution in [2.75, 3.05) is 12.4 Å². The van der Waals surface area contributed by atoms with Crippen LogP contribution in [0, 0.1) is 0 Å². The number of hydrogen-bond acceptors (Lipinski definition) is 5. The Hall–Kier alpha value is -3.91. The van der Waals surface area contributed by atoms with Crippen molar-refractivity contribution in [1.82, 2.24) is 15.8 Å². The molecule has 2 aromatic carbocycles.